The molecule has 0 N–H and O–H groups in total. The van der Waals surface area contributed by atoms with Crippen LogP contribution in [-0.2, 0) is 16.0 Å². The second-order valence-corrected chi connectivity index (χ2v) is 11.1. The number of pyridine rings is 1. The van der Waals surface area contributed by atoms with Crippen LogP contribution < -0.4 is 14.2 Å². The van der Waals surface area contributed by atoms with Gasteiger partial charge in [-0.2, -0.15) is 13.5 Å². The van der Waals surface area contributed by atoms with Crippen molar-refractivity contribution < 1.29 is 37.3 Å². The summed E-state index contributed by atoms with van der Waals surface area (Å²) in [6.07, 6.45) is 4.18. The first-order chi connectivity index (χ1) is 20.2. The van der Waals surface area contributed by atoms with E-state index in [1.54, 1.807) is 30.3 Å². The highest BCUT2D eigenvalue weighted by Gasteiger charge is 2.37. The van der Waals surface area contributed by atoms with Gasteiger partial charge in [-0.05, 0) is 61.4 Å². The van der Waals surface area contributed by atoms with E-state index in [0.29, 0.717) is 53.3 Å². The number of likely N-dealkylation sites (tertiary alicyclic amines) is 1. The molecular formula is C30H28Cl2F2N2O6. The molecule has 2 atom stereocenters. The number of amides is 1. The quantitative estimate of drug-likeness (QED) is 0.145. The maximum Gasteiger partial charge on any atom is 0.387 e. The van der Waals surface area contributed by atoms with Gasteiger partial charge in [0.25, 0.3) is 5.91 Å². The third-order valence-corrected chi connectivity index (χ3v) is 7.89. The van der Waals surface area contributed by atoms with Crippen molar-refractivity contribution in [1.82, 2.24) is 4.90 Å². The summed E-state index contributed by atoms with van der Waals surface area (Å²) < 4.78 is 43.2. The molecule has 3 aromatic rings. The highest BCUT2D eigenvalue weighted by molar-refractivity contribution is 6.35. The molecule has 5 rings (SSSR count). The summed E-state index contributed by atoms with van der Waals surface area (Å²) >= 11 is 12.7. The zero-order chi connectivity index (χ0) is 29.8. The van der Waals surface area contributed by atoms with E-state index in [0.717, 1.165) is 25.2 Å². The molecule has 1 saturated heterocycles. The van der Waals surface area contributed by atoms with Crippen molar-refractivity contribution in [2.75, 3.05) is 13.2 Å². The summed E-state index contributed by atoms with van der Waals surface area (Å²) in [7, 11) is 0. The second kappa shape index (κ2) is 13.1. The Labute approximate surface area is 251 Å². The van der Waals surface area contributed by atoms with Crippen LogP contribution in [0.25, 0.3) is 0 Å². The van der Waals surface area contributed by atoms with E-state index in [9.17, 15) is 23.6 Å². The Morgan fingerprint density at radius 1 is 1.02 bits per heavy atom. The fourth-order valence-electron chi connectivity index (χ4n) is 4.88. The van der Waals surface area contributed by atoms with Gasteiger partial charge < -0.3 is 24.3 Å². The molecule has 1 aliphatic carbocycles. The standard InChI is InChI=1S/C30H28Cl2F2N2O6/c31-22-15-35(39)16-23(32)21(22)14-26(20-10-11-25(42-30(33)34)27(13-20)40-17-18-8-9-18)41-29(38)24-7-4-12-36(24)28(37)19-5-2-1-3-6-19/h1-3,5-6,10-11,13,15-16,18,24,26,30H,4,7-9,12,14,17H2. The Kier molecular flexibility index (Phi) is 9.33. The lowest BCUT2D eigenvalue weighted by Gasteiger charge is -2.27. The highest BCUT2D eigenvalue weighted by Crippen LogP contribution is 2.38. The van der Waals surface area contributed by atoms with Gasteiger partial charge in [-0.1, -0.05) is 47.5 Å². The molecule has 2 aliphatic rings. The fourth-order valence-corrected chi connectivity index (χ4v) is 5.48. The normalized spacial score (nSPS) is 17.3. The summed E-state index contributed by atoms with van der Waals surface area (Å²) in [5.41, 5.74) is 1.20. The molecular weight excluding hydrogens is 593 g/mol. The molecule has 0 spiro atoms. The molecule has 2 unspecified atom stereocenters. The summed E-state index contributed by atoms with van der Waals surface area (Å²) in [4.78, 5) is 28.3. The van der Waals surface area contributed by atoms with Crippen molar-refractivity contribution >= 4 is 35.1 Å². The Bertz CT molecular complexity index is 1420. The fraction of sp³-hybridized carbons (Fsp3) is 0.367. The first-order valence-corrected chi connectivity index (χ1v) is 14.3. The average molecular weight is 621 g/mol. The Hall–Kier alpha value is -3.63. The van der Waals surface area contributed by atoms with Gasteiger partial charge in [0, 0.05) is 24.1 Å². The molecule has 1 aromatic heterocycles. The van der Waals surface area contributed by atoms with Gasteiger partial charge in [0.1, 0.15) is 22.2 Å². The van der Waals surface area contributed by atoms with E-state index in [2.05, 4.69) is 4.74 Å². The average Bonchev–Trinajstić information content (AvgIpc) is 3.66. The lowest BCUT2D eigenvalue weighted by Crippen LogP contribution is -2.42. The van der Waals surface area contributed by atoms with Gasteiger partial charge in [-0.25, -0.2) is 4.79 Å². The predicted molar refractivity (Wildman–Crippen MR) is 150 cm³/mol. The van der Waals surface area contributed by atoms with E-state index in [1.807, 2.05) is 0 Å². The van der Waals surface area contributed by atoms with Gasteiger partial charge in [-0.3, -0.25) is 4.79 Å². The highest BCUT2D eigenvalue weighted by atomic mass is 35.5. The van der Waals surface area contributed by atoms with Crippen molar-refractivity contribution in [2.24, 2.45) is 5.92 Å². The third-order valence-electron chi connectivity index (χ3n) is 7.24. The van der Waals surface area contributed by atoms with E-state index in [1.165, 1.54) is 23.1 Å². The van der Waals surface area contributed by atoms with Gasteiger partial charge in [-0.15, -0.1) is 0 Å². The van der Waals surface area contributed by atoms with E-state index >= 15 is 0 Å². The summed E-state index contributed by atoms with van der Waals surface area (Å²) in [5.74, 6) is -0.677. The third kappa shape index (κ3) is 7.22. The Morgan fingerprint density at radius 2 is 1.74 bits per heavy atom. The molecule has 2 fully saturated rings. The minimum Gasteiger partial charge on any atom is -0.619 e. The molecule has 2 heterocycles. The molecule has 0 radical (unpaired) electrons. The van der Waals surface area contributed by atoms with Crippen LogP contribution in [0.4, 0.5) is 8.78 Å². The van der Waals surface area contributed by atoms with Gasteiger partial charge in [0.15, 0.2) is 23.9 Å². The van der Waals surface area contributed by atoms with Crippen molar-refractivity contribution in [2.45, 2.75) is 50.9 Å². The van der Waals surface area contributed by atoms with Crippen LogP contribution in [-0.4, -0.2) is 42.6 Å². The van der Waals surface area contributed by atoms with E-state index in [4.69, 9.17) is 32.7 Å². The number of benzene rings is 2. The lowest BCUT2D eigenvalue weighted by atomic mass is 10.0. The first-order valence-electron chi connectivity index (χ1n) is 13.5. The molecule has 1 saturated carbocycles. The minimum absolute atomic E-state index is 0.0410. The monoisotopic (exact) mass is 620 g/mol. The van der Waals surface area contributed by atoms with Crippen LogP contribution in [0.5, 0.6) is 11.5 Å². The van der Waals surface area contributed by atoms with Crippen LogP contribution >= 0.6 is 23.2 Å². The van der Waals surface area contributed by atoms with Crippen molar-refractivity contribution in [3.05, 3.63) is 92.9 Å². The van der Waals surface area contributed by atoms with Crippen LogP contribution in [0.15, 0.2) is 60.9 Å². The van der Waals surface area contributed by atoms with Crippen LogP contribution in [0.2, 0.25) is 10.0 Å². The zero-order valence-electron chi connectivity index (χ0n) is 22.4. The molecule has 0 bridgehead atoms. The van der Waals surface area contributed by atoms with Gasteiger partial charge in [0.05, 0.1) is 6.61 Å². The second-order valence-electron chi connectivity index (χ2n) is 10.3. The maximum absolute atomic E-state index is 13.6. The number of ether oxygens (including phenoxy) is 3. The molecule has 1 amide bonds. The number of alkyl halides is 2. The first kappa shape index (κ1) is 29.8. The van der Waals surface area contributed by atoms with E-state index in [-0.39, 0.29) is 33.9 Å². The summed E-state index contributed by atoms with van der Waals surface area (Å²) in [6, 6.07) is 12.1. The SMILES string of the molecule is O=C(OC(Cc1c(Cl)c[n+]([O-])cc1Cl)c1ccc(OC(F)F)c(OCC2CC2)c1)C1CCCN1C(=O)c1ccccc1. The van der Waals surface area contributed by atoms with Crippen LogP contribution in [0.1, 0.15) is 53.3 Å². The molecule has 222 valence electrons. The predicted octanol–water partition coefficient (Wildman–Crippen LogP) is 6.15. The Balaban J connectivity index is 1.45. The zero-order valence-corrected chi connectivity index (χ0v) is 23.9. The lowest BCUT2D eigenvalue weighted by molar-refractivity contribution is -0.605. The van der Waals surface area contributed by atoms with Crippen molar-refractivity contribution in [3.8, 4) is 11.5 Å². The summed E-state index contributed by atoms with van der Waals surface area (Å²) in [5, 5.41) is 11.9. The number of carbonyl (C=O) groups is 2. The smallest absolute Gasteiger partial charge is 0.387 e. The number of aromatic nitrogens is 1. The number of hydrogen-bond donors (Lipinski definition) is 0. The largest absolute Gasteiger partial charge is 0.619 e. The number of esters is 1. The molecule has 1 aliphatic heterocycles. The van der Waals surface area contributed by atoms with Crippen molar-refractivity contribution in [3.63, 3.8) is 0 Å². The van der Waals surface area contributed by atoms with Gasteiger partial charge in [0.2, 0.25) is 0 Å². The molecule has 12 heteroatoms. The molecule has 42 heavy (non-hydrogen) atoms. The van der Waals surface area contributed by atoms with Crippen LogP contribution in [0.3, 0.4) is 0 Å². The molecule has 2 aromatic carbocycles. The number of halogens is 4. The van der Waals surface area contributed by atoms with Crippen molar-refractivity contribution in [1.29, 1.82) is 0 Å². The summed E-state index contributed by atoms with van der Waals surface area (Å²) in [6.45, 7) is -2.35. The van der Waals surface area contributed by atoms with E-state index < -0.39 is 24.7 Å². The number of nitrogens with zero attached hydrogens (tertiary/aromatic N) is 2. The number of carbonyl (C=O) groups excluding carboxylic acids is 2. The topological polar surface area (TPSA) is 92.0 Å². The van der Waals surface area contributed by atoms with Crippen LogP contribution in [0, 0.1) is 11.1 Å². The van der Waals surface area contributed by atoms with Gasteiger partial charge >= 0.3 is 12.6 Å². The minimum atomic E-state index is -3.07. The molecule has 8 nitrogen and oxygen atoms in total. The number of hydrogen-bond acceptors (Lipinski definition) is 6. The maximum atomic E-state index is 13.6. The Morgan fingerprint density at radius 3 is 2.40 bits per heavy atom. The number of rotatable bonds is 11.